The molecule has 0 aliphatic rings. The number of anilines is 2. The molecule has 0 radical (unpaired) electrons. The molecule has 4 N–H and O–H groups in total. The van der Waals surface area contributed by atoms with E-state index in [4.69, 9.17) is 10.6 Å². The van der Waals surface area contributed by atoms with E-state index in [-0.39, 0.29) is 22.2 Å². The molecule has 0 saturated carbocycles. The summed E-state index contributed by atoms with van der Waals surface area (Å²) < 4.78 is 45.0. The SMILES string of the molecule is COc1cc(F)ccc1NS(=O)(=O)c1cccnc1NN. The van der Waals surface area contributed by atoms with Crippen LogP contribution in [0, 0.1) is 5.82 Å². The van der Waals surface area contributed by atoms with Crippen molar-refractivity contribution in [2.24, 2.45) is 5.84 Å². The monoisotopic (exact) mass is 312 g/mol. The van der Waals surface area contributed by atoms with Crippen molar-refractivity contribution in [3.63, 3.8) is 0 Å². The number of pyridine rings is 1. The Hall–Kier alpha value is -2.39. The lowest BCUT2D eigenvalue weighted by molar-refractivity contribution is 0.413. The Morgan fingerprint density at radius 2 is 2.10 bits per heavy atom. The number of halogens is 1. The van der Waals surface area contributed by atoms with Crippen LogP contribution in [-0.2, 0) is 10.0 Å². The van der Waals surface area contributed by atoms with Gasteiger partial charge in [0.1, 0.15) is 16.5 Å². The first-order valence-corrected chi connectivity index (χ1v) is 7.24. The topological polar surface area (TPSA) is 106 Å². The number of sulfonamides is 1. The Bertz CT molecular complexity index is 752. The van der Waals surface area contributed by atoms with E-state index in [0.717, 1.165) is 12.1 Å². The molecule has 0 bridgehead atoms. The molecule has 2 rings (SSSR count). The van der Waals surface area contributed by atoms with Gasteiger partial charge in [-0.3, -0.25) is 4.72 Å². The fourth-order valence-electron chi connectivity index (χ4n) is 1.66. The van der Waals surface area contributed by atoms with E-state index < -0.39 is 15.8 Å². The summed E-state index contributed by atoms with van der Waals surface area (Å²) >= 11 is 0. The highest BCUT2D eigenvalue weighted by atomic mass is 32.2. The zero-order chi connectivity index (χ0) is 15.5. The number of nitrogens with two attached hydrogens (primary N) is 1. The number of hydrogen-bond acceptors (Lipinski definition) is 6. The summed E-state index contributed by atoms with van der Waals surface area (Å²) in [6, 6.07) is 6.24. The van der Waals surface area contributed by atoms with E-state index in [0.29, 0.717) is 0 Å². The third kappa shape index (κ3) is 3.20. The number of methoxy groups -OCH3 is 1. The highest BCUT2D eigenvalue weighted by Gasteiger charge is 2.20. The number of ether oxygens (including phenoxy) is 1. The molecule has 0 amide bonds. The average Bonchev–Trinajstić information content (AvgIpc) is 2.48. The van der Waals surface area contributed by atoms with Crippen molar-refractivity contribution in [2.45, 2.75) is 4.90 Å². The van der Waals surface area contributed by atoms with Crippen LogP contribution in [-0.4, -0.2) is 20.5 Å². The predicted octanol–water partition coefficient (Wildman–Crippen LogP) is 1.32. The summed E-state index contributed by atoms with van der Waals surface area (Å²) in [6.07, 6.45) is 1.40. The van der Waals surface area contributed by atoms with Crippen LogP contribution in [0.15, 0.2) is 41.4 Å². The molecule has 0 aliphatic heterocycles. The van der Waals surface area contributed by atoms with Crippen LogP contribution in [0.25, 0.3) is 0 Å². The zero-order valence-electron chi connectivity index (χ0n) is 11.0. The number of benzene rings is 1. The van der Waals surface area contributed by atoms with Gasteiger partial charge in [-0.15, -0.1) is 0 Å². The second-order valence-corrected chi connectivity index (χ2v) is 5.60. The minimum Gasteiger partial charge on any atom is -0.494 e. The molecule has 0 saturated heterocycles. The van der Waals surface area contributed by atoms with Gasteiger partial charge in [0.05, 0.1) is 12.8 Å². The fraction of sp³-hybridized carbons (Fsp3) is 0.0833. The molecule has 21 heavy (non-hydrogen) atoms. The van der Waals surface area contributed by atoms with Crippen molar-refractivity contribution in [2.75, 3.05) is 17.3 Å². The second kappa shape index (κ2) is 5.94. The molecule has 112 valence electrons. The van der Waals surface area contributed by atoms with Gasteiger partial charge in [-0.05, 0) is 24.3 Å². The normalized spacial score (nSPS) is 11.0. The molecule has 1 heterocycles. The van der Waals surface area contributed by atoms with Gasteiger partial charge in [0.2, 0.25) is 0 Å². The van der Waals surface area contributed by atoms with Gasteiger partial charge in [-0.2, -0.15) is 0 Å². The first-order valence-electron chi connectivity index (χ1n) is 5.76. The average molecular weight is 312 g/mol. The first kappa shape index (κ1) is 15.0. The van der Waals surface area contributed by atoms with Gasteiger partial charge in [0.25, 0.3) is 10.0 Å². The van der Waals surface area contributed by atoms with Crippen molar-refractivity contribution in [3.05, 3.63) is 42.3 Å². The molecule has 1 aromatic heterocycles. The van der Waals surface area contributed by atoms with Crippen molar-refractivity contribution in [1.29, 1.82) is 0 Å². The minimum atomic E-state index is -3.96. The summed E-state index contributed by atoms with van der Waals surface area (Å²) in [7, 11) is -2.65. The Morgan fingerprint density at radius 3 is 2.76 bits per heavy atom. The standard InChI is InChI=1S/C12H13FN4O3S/c1-20-10-7-8(13)4-5-9(10)17-21(18,19)11-3-2-6-15-12(11)16-14/h2-7,17H,14H2,1H3,(H,15,16). The lowest BCUT2D eigenvalue weighted by Gasteiger charge is -2.13. The van der Waals surface area contributed by atoms with Gasteiger partial charge in [0, 0.05) is 12.3 Å². The molecule has 0 aliphatic carbocycles. The number of hydrazine groups is 1. The van der Waals surface area contributed by atoms with E-state index in [1.807, 2.05) is 0 Å². The number of rotatable bonds is 5. The summed E-state index contributed by atoms with van der Waals surface area (Å²) in [4.78, 5) is 3.68. The van der Waals surface area contributed by atoms with E-state index >= 15 is 0 Å². The van der Waals surface area contributed by atoms with Crippen molar-refractivity contribution in [3.8, 4) is 5.75 Å². The molecule has 2 aromatic rings. The summed E-state index contributed by atoms with van der Waals surface area (Å²) in [6.45, 7) is 0. The Labute approximate surface area is 121 Å². The minimum absolute atomic E-state index is 0.00826. The maximum atomic E-state index is 13.1. The van der Waals surface area contributed by atoms with E-state index in [1.54, 1.807) is 0 Å². The Morgan fingerprint density at radius 1 is 1.33 bits per heavy atom. The lowest BCUT2D eigenvalue weighted by Crippen LogP contribution is -2.18. The largest absolute Gasteiger partial charge is 0.494 e. The van der Waals surface area contributed by atoms with Crippen molar-refractivity contribution in [1.82, 2.24) is 4.98 Å². The van der Waals surface area contributed by atoms with Crippen molar-refractivity contribution >= 4 is 21.5 Å². The highest BCUT2D eigenvalue weighted by molar-refractivity contribution is 7.92. The number of aromatic nitrogens is 1. The second-order valence-electron chi connectivity index (χ2n) is 3.94. The molecule has 0 fully saturated rings. The van der Waals surface area contributed by atoms with Crippen LogP contribution in [0.4, 0.5) is 15.9 Å². The van der Waals surface area contributed by atoms with E-state index in [9.17, 15) is 12.8 Å². The van der Waals surface area contributed by atoms with Crippen LogP contribution in [0.3, 0.4) is 0 Å². The smallest absolute Gasteiger partial charge is 0.265 e. The predicted molar refractivity (Wildman–Crippen MR) is 75.8 cm³/mol. The van der Waals surface area contributed by atoms with Gasteiger partial charge in [-0.1, -0.05) is 0 Å². The van der Waals surface area contributed by atoms with Gasteiger partial charge < -0.3 is 10.2 Å². The van der Waals surface area contributed by atoms with Crippen LogP contribution in [0.2, 0.25) is 0 Å². The third-order valence-electron chi connectivity index (χ3n) is 2.60. The van der Waals surface area contributed by atoms with Crippen LogP contribution in [0.5, 0.6) is 5.75 Å². The number of hydrogen-bond donors (Lipinski definition) is 3. The lowest BCUT2D eigenvalue weighted by atomic mass is 10.3. The molecule has 9 heteroatoms. The Balaban J connectivity index is 2.42. The van der Waals surface area contributed by atoms with E-state index in [1.165, 1.54) is 31.5 Å². The zero-order valence-corrected chi connectivity index (χ0v) is 11.8. The Kier molecular flexibility index (Phi) is 4.24. The fourth-order valence-corrected chi connectivity index (χ4v) is 2.86. The van der Waals surface area contributed by atoms with E-state index in [2.05, 4.69) is 15.1 Å². The van der Waals surface area contributed by atoms with Crippen molar-refractivity contribution < 1.29 is 17.5 Å². The molecule has 0 unspecified atom stereocenters. The summed E-state index contributed by atoms with van der Waals surface area (Å²) in [5.41, 5.74) is 2.31. The summed E-state index contributed by atoms with van der Waals surface area (Å²) in [5, 5.41) is 0. The number of nitrogens with one attached hydrogen (secondary N) is 2. The highest BCUT2D eigenvalue weighted by Crippen LogP contribution is 2.28. The summed E-state index contributed by atoms with van der Waals surface area (Å²) in [5.74, 6) is 4.75. The quantitative estimate of drug-likeness (QED) is 0.568. The van der Waals surface area contributed by atoms with Gasteiger partial charge in [-0.25, -0.2) is 23.6 Å². The number of nitrogen functional groups attached to an aromatic ring is 1. The maximum Gasteiger partial charge on any atom is 0.265 e. The van der Waals surface area contributed by atoms with Gasteiger partial charge in [0.15, 0.2) is 5.82 Å². The molecular weight excluding hydrogens is 299 g/mol. The molecular formula is C12H13FN4O3S. The van der Waals surface area contributed by atoms with Crippen LogP contribution in [0.1, 0.15) is 0 Å². The maximum absolute atomic E-state index is 13.1. The van der Waals surface area contributed by atoms with Gasteiger partial charge >= 0.3 is 0 Å². The molecule has 7 nitrogen and oxygen atoms in total. The van der Waals surface area contributed by atoms with Crippen LogP contribution < -0.4 is 20.7 Å². The number of nitrogens with zero attached hydrogens (tertiary/aromatic N) is 1. The first-order chi connectivity index (χ1) is 9.97. The van der Waals surface area contributed by atoms with Crippen LogP contribution >= 0.6 is 0 Å². The molecule has 1 aromatic carbocycles. The molecule has 0 atom stereocenters. The third-order valence-corrected chi connectivity index (χ3v) is 4.00. The molecule has 0 spiro atoms.